The molecule has 3 rings (SSSR count). The van der Waals surface area contributed by atoms with Crippen molar-refractivity contribution in [1.29, 1.82) is 0 Å². The minimum Gasteiger partial charge on any atom is -0.493 e. The third kappa shape index (κ3) is 6.91. The van der Waals surface area contributed by atoms with Crippen LogP contribution in [0.1, 0.15) is 82.3 Å². The van der Waals surface area contributed by atoms with Crippen molar-refractivity contribution in [2.75, 3.05) is 38.8 Å². The van der Waals surface area contributed by atoms with E-state index >= 15 is 0 Å². The van der Waals surface area contributed by atoms with Gasteiger partial charge in [-0.1, -0.05) is 40.5 Å². The Balaban J connectivity index is 2.23. The van der Waals surface area contributed by atoms with E-state index in [1.54, 1.807) is 0 Å². The first kappa shape index (κ1) is 29.2. The van der Waals surface area contributed by atoms with Gasteiger partial charge in [0.15, 0.2) is 0 Å². The highest BCUT2D eigenvalue weighted by molar-refractivity contribution is 5.91. The van der Waals surface area contributed by atoms with Crippen LogP contribution in [0.2, 0.25) is 0 Å². The lowest BCUT2D eigenvalue weighted by atomic mass is 9.97. The maximum atomic E-state index is 13.0. The molecule has 1 heterocycles. The molecule has 0 saturated carbocycles. The summed E-state index contributed by atoms with van der Waals surface area (Å²) in [6, 6.07) is 16.2. The summed E-state index contributed by atoms with van der Waals surface area (Å²) in [7, 11) is 4.02. The predicted molar refractivity (Wildman–Crippen MR) is 156 cm³/mol. The van der Waals surface area contributed by atoms with Crippen molar-refractivity contribution in [3.05, 3.63) is 59.8 Å². The van der Waals surface area contributed by atoms with Gasteiger partial charge in [0, 0.05) is 37.1 Å². The number of rotatable bonds is 14. The van der Waals surface area contributed by atoms with E-state index in [1.807, 2.05) is 55.9 Å². The fourth-order valence-corrected chi connectivity index (χ4v) is 4.32. The second kappa shape index (κ2) is 13.9. The predicted octanol–water partition coefficient (Wildman–Crippen LogP) is 7.87. The van der Waals surface area contributed by atoms with Gasteiger partial charge < -0.3 is 23.7 Å². The van der Waals surface area contributed by atoms with Crippen LogP contribution in [0.3, 0.4) is 0 Å². The highest BCUT2D eigenvalue weighted by atomic mass is 16.5. The van der Waals surface area contributed by atoms with Crippen LogP contribution in [0.5, 0.6) is 11.5 Å². The monoisotopic (exact) mass is 520 g/mol. The summed E-state index contributed by atoms with van der Waals surface area (Å²) in [5, 5.41) is 0. The Hall–Kier alpha value is -3.41. The molecule has 206 valence electrons. The van der Waals surface area contributed by atoms with Gasteiger partial charge in [0.1, 0.15) is 17.2 Å². The molecule has 0 N–H and O–H groups in total. The molecule has 0 saturated heterocycles. The Morgan fingerprint density at radius 3 is 2.05 bits per heavy atom. The molecule has 0 fully saturated rings. The molecular formula is C32H44N2O4. The lowest BCUT2D eigenvalue weighted by molar-refractivity contribution is 0.0517. The number of nitrogens with zero attached hydrogens (tertiary/aromatic N) is 2. The summed E-state index contributed by atoms with van der Waals surface area (Å²) in [4.78, 5) is 15.1. The van der Waals surface area contributed by atoms with E-state index in [2.05, 4.69) is 50.8 Å². The first-order valence-electron chi connectivity index (χ1n) is 13.9. The van der Waals surface area contributed by atoms with Crippen molar-refractivity contribution in [2.24, 2.45) is 0 Å². The van der Waals surface area contributed by atoms with Crippen LogP contribution < -0.4 is 14.4 Å². The molecule has 0 aliphatic carbocycles. The summed E-state index contributed by atoms with van der Waals surface area (Å²) < 4.78 is 20.0. The first-order chi connectivity index (χ1) is 18.3. The molecule has 0 atom stereocenters. The van der Waals surface area contributed by atoms with Gasteiger partial charge in [-0.25, -0.2) is 4.79 Å². The highest BCUT2D eigenvalue weighted by Gasteiger charge is 2.23. The SMILES string of the molecule is CCCCOc1cc(OCCCC)c(C(C)C)cc1-c1ccc(C(=O)OCC)n1-c1ccc(N(C)C)cc1. The van der Waals surface area contributed by atoms with Crippen LogP contribution >= 0.6 is 0 Å². The lowest BCUT2D eigenvalue weighted by Gasteiger charge is -2.21. The zero-order valence-corrected chi connectivity index (χ0v) is 24.2. The number of unbranched alkanes of at least 4 members (excludes halogenated alkanes) is 2. The maximum Gasteiger partial charge on any atom is 0.355 e. The maximum absolute atomic E-state index is 13.0. The van der Waals surface area contributed by atoms with Crippen molar-refractivity contribution >= 4 is 11.7 Å². The lowest BCUT2D eigenvalue weighted by Crippen LogP contribution is -2.13. The van der Waals surface area contributed by atoms with Crippen LogP contribution in [-0.2, 0) is 4.74 Å². The Morgan fingerprint density at radius 1 is 0.868 bits per heavy atom. The van der Waals surface area contributed by atoms with E-state index in [0.29, 0.717) is 25.5 Å². The van der Waals surface area contributed by atoms with Gasteiger partial charge in [-0.3, -0.25) is 0 Å². The number of benzene rings is 2. The van der Waals surface area contributed by atoms with Gasteiger partial charge in [-0.15, -0.1) is 0 Å². The summed E-state index contributed by atoms with van der Waals surface area (Å²) in [6.45, 7) is 12.1. The van der Waals surface area contributed by atoms with Crippen LogP contribution in [0.25, 0.3) is 16.9 Å². The molecule has 1 aromatic heterocycles. The van der Waals surface area contributed by atoms with Crippen molar-refractivity contribution in [3.8, 4) is 28.4 Å². The van der Waals surface area contributed by atoms with Gasteiger partial charge >= 0.3 is 5.97 Å². The molecule has 6 nitrogen and oxygen atoms in total. The van der Waals surface area contributed by atoms with Crippen molar-refractivity contribution in [3.63, 3.8) is 0 Å². The Morgan fingerprint density at radius 2 is 1.50 bits per heavy atom. The fourth-order valence-electron chi connectivity index (χ4n) is 4.32. The molecule has 2 aromatic carbocycles. The molecular weight excluding hydrogens is 476 g/mol. The van der Waals surface area contributed by atoms with E-state index in [4.69, 9.17) is 14.2 Å². The van der Waals surface area contributed by atoms with Crippen LogP contribution in [-0.4, -0.2) is 44.5 Å². The number of carbonyl (C=O) groups is 1. The quantitative estimate of drug-likeness (QED) is 0.160. The Bertz CT molecular complexity index is 1180. The van der Waals surface area contributed by atoms with E-state index in [9.17, 15) is 4.79 Å². The van der Waals surface area contributed by atoms with E-state index in [0.717, 1.165) is 65.4 Å². The molecule has 0 amide bonds. The zero-order valence-electron chi connectivity index (χ0n) is 24.2. The number of esters is 1. The number of aromatic nitrogens is 1. The Kier molecular flexibility index (Phi) is 10.7. The molecule has 0 aliphatic rings. The minimum absolute atomic E-state index is 0.252. The first-order valence-corrected chi connectivity index (χ1v) is 13.9. The molecule has 0 unspecified atom stereocenters. The third-order valence-electron chi connectivity index (χ3n) is 6.51. The summed E-state index contributed by atoms with van der Waals surface area (Å²) in [5.74, 6) is 1.52. The number of hydrogen-bond acceptors (Lipinski definition) is 5. The van der Waals surface area contributed by atoms with Crippen molar-refractivity contribution < 1.29 is 19.0 Å². The van der Waals surface area contributed by atoms with Gasteiger partial charge in [0.05, 0.1) is 25.5 Å². The summed E-state index contributed by atoms with van der Waals surface area (Å²) >= 11 is 0. The van der Waals surface area contributed by atoms with Gasteiger partial charge in [0.2, 0.25) is 0 Å². The number of carbonyl (C=O) groups excluding carboxylic acids is 1. The van der Waals surface area contributed by atoms with E-state index < -0.39 is 0 Å². The minimum atomic E-state index is -0.354. The fraction of sp³-hybridized carbons (Fsp3) is 0.469. The molecule has 0 radical (unpaired) electrons. The normalized spacial score (nSPS) is 11.1. The van der Waals surface area contributed by atoms with Crippen LogP contribution in [0.4, 0.5) is 5.69 Å². The van der Waals surface area contributed by atoms with Crippen LogP contribution in [0.15, 0.2) is 48.5 Å². The molecule has 38 heavy (non-hydrogen) atoms. The number of anilines is 1. The second-order valence-electron chi connectivity index (χ2n) is 10.0. The number of ether oxygens (including phenoxy) is 3. The van der Waals surface area contributed by atoms with Gasteiger partial charge in [-0.05, 0) is 73.7 Å². The molecule has 0 aliphatic heterocycles. The smallest absolute Gasteiger partial charge is 0.355 e. The largest absolute Gasteiger partial charge is 0.493 e. The summed E-state index contributed by atoms with van der Waals surface area (Å²) in [5.41, 5.74) is 5.37. The topological polar surface area (TPSA) is 52.9 Å². The molecule has 0 bridgehead atoms. The van der Waals surface area contributed by atoms with Gasteiger partial charge in [-0.2, -0.15) is 0 Å². The standard InChI is InChI=1S/C32H44N2O4/c1-8-11-19-37-30-22-31(38-20-12-9-2)27(21-26(30)23(4)5)28-17-18-29(32(35)36-10-3)34(28)25-15-13-24(14-16-25)33(6)7/h13-18,21-23H,8-12,19-20H2,1-7H3. The molecule has 0 spiro atoms. The molecule has 3 aromatic rings. The van der Waals surface area contributed by atoms with Crippen molar-refractivity contribution in [2.45, 2.75) is 66.2 Å². The number of hydrogen-bond donors (Lipinski definition) is 0. The van der Waals surface area contributed by atoms with Crippen LogP contribution in [0, 0.1) is 0 Å². The highest BCUT2D eigenvalue weighted by Crippen LogP contribution is 2.41. The molecule has 6 heteroatoms. The van der Waals surface area contributed by atoms with Crippen molar-refractivity contribution in [1.82, 2.24) is 4.57 Å². The summed E-state index contributed by atoms with van der Waals surface area (Å²) in [6.07, 6.45) is 4.07. The third-order valence-corrected chi connectivity index (χ3v) is 6.51. The Labute approximate surface area is 228 Å². The van der Waals surface area contributed by atoms with Gasteiger partial charge in [0.25, 0.3) is 0 Å². The van der Waals surface area contributed by atoms with E-state index in [1.165, 1.54) is 0 Å². The second-order valence-corrected chi connectivity index (χ2v) is 10.0. The van der Waals surface area contributed by atoms with E-state index in [-0.39, 0.29) is 11.9 Å². The average molecular weight is 521 g/mol. The zero-order chi connectivity index (χ0) is 27.7. The average Bonchev–Trinajstić information content (AvgIpc) is 3.34.